The van der Waals surface area contributed by atoms with E-state index in [9.17, 15) is 4.79 Å². The molecule has 29 heavy (non-hydrogen) atoms. The van der Waals surface area contributed by atoms with E-state index in [1.165, 1.54) is 23.1 Å². The molecule has 2 aromatic carbocycles. The number of rotatable bonds is 6. The molecule has 0 aliphatic carbocycles. The van der Waals surface area contributed by atoms with Gasteiger partial charge < -0.3 is 0 Å². The van der Waals surface area contributed by atoms with E-state index < -0.39 is 0 Å². The Morgan fingerprint density at radius 2 is 1.93 bits per heavy atom. The lowest BCUT2D eigenvalue weighted by Crippen LogP contribution is -2.32. The Morgan fingerprint density at radius 1 is 1.10 bits per heavy atom. The molecule has 0 atom stereocenters. The number of aryl methyl sites for hydroxylation is 1. The number of anilines is 1. The maximum absolute atomic E-state index is 13.2. The van der Waals surface area contributed by atoms with Gasteiger partial charge in [0, 0.05) is 16.1 Å². The second kappa shape index (κ2) is 8.95. The third-order valence-electron chi connectivity index (χ3n) is 4.36. The van der Waals surface area contributed by atoms with Crippen molar-refractivity contribution in [2.24, 2.45) is 0 Å². The van der Waals surface area contributed by atoms with Crippen LogP contribution in [0.1, 0.15) is 11.3 Å². The lowest BCUT2D eigenvalue weighted by Gasteiger charge is -2.19. The first-order chi connectivity index (χ1) is 14.1. The van der Waals surface area contributed by atoms with Crippen LogP contribution < -0.4 is 4.90 Å². The Morgan fingerprint density at radius 3 is 2.66 bits per heavy atom. The largest absolute Gasteiger partial charge is 0.281 e. The second-order valence-corrected chi connectivity index (χ2v) is 8.96. The summed E-state index contributed by atoms with van der Waals surface area (Å²) in [7, 11) is 0. The van der Waals surface area contributed by atoms with Gasteiger partial charge in [0.25, 0.3) is 0 Å². The molecule has 0 radical (unpaired) electrons. The maximum atomic E-state index is 13.2. The number of carbonyl (C=O) groups is 1. The standard InChI is InChI=1S/C22H18ClN3OS2/c1-15-5-4-7-19-21(15)25-22(29-19)26(13-17-6-2-3-12-24-17)20(27)14-28-18-10-8-16(23)9-11-18/h2-12H,13-14H2,1H3. The number of halogens is 1. The van der Waals surface area contributed by atoms with Crippen molar-refractivity contribution in [2.45, 2.75) is 18.4 Å². The third kappa shape index (κ3) is 4.78. The third-order valence-corrected chi connectivity index (χ3v) is 6.66. The zero-order chi connectivity index (χ0) is 20.2. The van der Waals surface area contributed by atoms with Crippen molar-refractivity contribution in [3.63, 3.8) is 0 Å². The highest BCUT2D eigenvalue weighted by molar-refractivity contribution is 8.00. The van der Waals surface area contributed by atoms with Crippen LogP contribution in [-0.4, -0.2) is 21.6 Å². The van der Waals surface area contributed by atoms with Gasteiger partial charge in [0.15, 0.2) is 5.13 Å². The van der Waals surface area contributed by atoms with Gasteiger partial charge in [-0.15, -0.1) is 11.8 Å². The van der Waals surface area contributed by atoms with Crippen LogP contribution in [0.5, 0.6) is 0 Å². The fourth-order valence-electron chi connectivity index (χ4n) is 2.86. The monoisotopic (exact) mass is 439 g/mol. The van der Waals surface area contributed by atoms with Gasteiger partial charge in [0.05, 0.1) is 28.2 Å². The van der Waals surface area contributed by atoms with Gasteiger partial charge in [-0.1, -0.05) is 41.1 Å². The van der Waals surface area contributed by atoms with Crippen LogP contribution in [0, 0.1) is 6.92 Å². The molecule has 7 heteroatoms. The molecule has 0 saturated carbocycles. The summed E-state index contributed by atoms with van der Waals surface area (Å²) in [5, 5.41) is 1.38. The molecule has 2 aromatic heterocycles. The number of carbonyl (C=O) groups excluding carboxylic acids is 1. The zero-order valence-electron chi connectivity index (χ0n) is 15.7. The van der Waals surface area contributed by atoms with Crippen LogP contribution in [0.25, 0.3) is 10.2 Å². The average molecular weight is 440 g/mol. The van der Waals surface area contributed by atoms with Crippen LogP contribution in [0.2, 0.25) is 5.02 Å². The van der Waals surface area contributed by atoms with Crippen molar-refractivity contribution in [1.29, 1.82) is 0 Å². The van der Waals surface area contributed by atoms with Crippen molar-refractivity contribution in [3.8, 4) is 0 Å². The number of hydrogen-bond donors (Lipinski definition) is 0. The average Bonchev–Trinajstić information content (AvgIpc) is 3.17. The summed E-state index contributed by atoms with van der Waals surface area (Å²) < 4.78 is 1.07. The van der Waals surface area contributed by atoms with E-state index in [1.807, 2.05) is 67.6 Å². The van der Waals surface area contributed by atoms with Crippen LogP contribution >= 0.6 is 34.7 Å². The van der Waals surface area contributed by atoms with Gasteiger partial charge >= 0.3 is 0 Å². The molecule has 146 valence electrons. The predicted molar refractivity (Wildman–Crippen MR) is 122 cm³/mol. The highest BCUT2D eigenvalue weighted by Crippen LogP contribution is 2.32. The summed E-state index contributed by atoms with van der Waals surface area (Å²) >= 11 is 8.97. The summed E-state index contributed by atoms with van der Waals surface area (Å²) in [6, 6.07) is 19.3. The Labute approximate surface area is 182 Å². The van der Waals surface area contributed by atoms with Crippen molar-refractivity contribution < 1.29 is 4.79 Å². The lowest BCUT2D eigenvalue weighted by molar-refractivity contribution is -0.116. The molecular formula is C22H18ClN3OS2. The van der Waals surface area contributed by atoms with Gasteiger partial charge in [-0.05, 0) is 55.0 Å². The number of amides is 1. The Bertz CT molecular complexity index is 1130. The molecule has 2 heterocycles. The highest BCUT2D eigenvalue weighted by Gasteiger charge is 2.21. The summed E-state index contributed by atoms with van der Waals surface area (Å²) in [5.74, 6) is 0.302. The van der Waals surface area contributed by atoms with Crippen molar-refractivity contribution in [1.82, 2.24) is 9.97 Å². The number of fused-ring (bicyclic) bond motifs is 1. The van der Waals surface area contributed by atoms with Gasteiger partial charge in [0.2, 0.25) is 5.91 Å². The molecule has 0 saturated heterocycles. The highest BCUT2D eigenvalue weighted by atomic mass is 35.5. The molecule has 1 amide bonds. The number of benzene rings is 2. The van der Waals surface area contributed by atoms with Crippen LogP contribution in [-0.2, 0) is 11.3 Å². The van der Waals surface area contributed by atoms with E-state index in [2.05, 4.69) is 4.98 Å². The van der Waals surface area contributed by atoms with Crippen LogP contribution in [0.15, 0.2) is 71.8 Å². The molecule has 4 rings (SSSR count). The Balaban J connectivity index is 1.60. The minimum atomic E-state index is -0.00712. The summed E-state index contributed by atoms with van der Waals surface area (Å²) in [5.41, 5.74) is 2.87. The molecule has 0 fully saturated rings. The number of nitrogens with zero attached hydrogens (tertiary/aromatic N) is 3. The number of para-hydroxylation sites is 1. The fraction of sp³-hybridized carbons (Fsp3) is 0.136. The van der Waals surface area contributed by atoms with Crippen LogP contribution in [0.3, 0.4) is 0 Å². The minimum Gasteiger partial charge on any atom is -0.281 e. The smallest absolute Gasteiger partial charge is 0.239 e. The zero-order valence-corrected chi connectivity index (χ0v) is 18.1. The first-order valence-electron chi connectivity index (χ1n) is 9.05. The van der Waals surface area contributed by atoms with E-state index >= 15 is 0 Å². The van der Waals surface area contributed by atoms with E-state index in [1.54, 1.807) is 11.1 Å². The number of aromatic nitrogens is 2. The Kier molecular flexibility index (Phi) is 6.13. The molecule has 0 bridgehead atoms. The van der Waals surface area contributed by atoms with Gasteiger partial charge in [-0.25, -0.2) is 4.98 Å². The number of thioether (sulfide) groups is 1. The normalized spacial score (nSPS) is 11.0. The molecular weight excluding hydrogens is 422 g/mol. The lowest BCUT2D eigenvalue weighted by atomic mass is 10.2. The van der Waals surface area contributed by atoms with Gasteiger partial charge in [-0.3, -0.25) is 14.7 Å². The fourth-order valence-corrected chi connectivity index (χ4v) is 4.82. The van der Waals surface area contributed by atoms with Gasteiger partial charge in [0.1, 0.15) is 0 Å². The van der Waals surface area contributed by atoms with Crippen LogP contribution in [0.4, 0.5) is 5.13 Å². The maximum Gasteiger partial charge on any atom is 0.239 e. The summed E-state index contributed by atoms with van der Waals surface area (Å²) in [6.45, 7) is 2.42. The number of pyridine rings is 1. The molecule has 0 aliphatic rings. The molecule has 4 aromatic rings. The first kappa shape index (κ1) is 19.9. The second-order valence-electron chi connectivity index (χ2n) is 6.46. The molecule has 0 unspecified atom stereocenters. The van der Waals surface area contributed by atoms with Crippen molar-refractivity contribution in [2.75, 3.05) is 10.7 Å². The number of thiazole rings is 1. The van der Waals surface area contributed by atoms with E-state index in [0.717, 1.165) is 26.4 Å². The summed E-state index contributed by atoms with van der Waals surface area (Å²) in [4.78, 5) is 25.1. The SMILES string of the molecule is Cc1cccc2sc(N(Cc3ccccn3)C(=O)CSc3ccc(Cl)cc3)nc12. The molecule has 4 nitrogen and oxygen atoms in total. The van der Waals surface area contributed by atoms with Crippen molar-refractivity contribution in [3.05, 3.63) is 83.1 Å². The summed E-state index contributed by atoms with van der Waals surface area (Å²) in [6.07, 6.45) is 1.74. The van der Waals surface area contributed by atoms with Gasteiger partial charge in [-0.2, -0.15) is 0 Å². The first-order valence-corrected chi connectivity index (χ1v) is 11.2. The van der Waals surface area contributed by atoms with Crippen molar-refractivity contribution >= 4 is 56.0 Å². The minimum absolute atomic E-state index is 0.00712. The molecule has 0 N–H and O–H groups in total. The quantitative estimate of drug-likeness (QED) is 0.347. The Hall–Kier alpha value is -2.41. The predicted octanol–water partition coefficient (Wildman–Crippen LogP) is 5.98. The van der Waals surface area contributed by atoms with E-state index in [4.69, 9.17) is 16.6 Å². The topological polar surface area (TPSA) is 46.1 Å². The molecule has 0 aliphatic heterocycles. The van der Waals surface area contributed by atoms with E-state index in [0.29, 0.717) is 22.5 Å². The number of hydrogen-bond acceptors (Lipinski definition) is 5. The van der Waals surface area contributed by atoms with E-state index in [-0.39, 0.29) is 5.91 Å². The molecule has 0 spiro atoms.